The zero-order valence-corrected chi connectivity index (χ0v) is 15.2. The Morgan fingerprint density at radius 2 is 1.58 bits per heavy atom. The fourth-order valence-electron chi connectivity index (χ4n) is 2.97. The van der Waals surface area contributed by atoms with E-state index in [2.05, 4.69) is 0 Å². The van der Waals surface area contributed by atoms with E-state index < -0.39 is 33.9 Å². The number of hydroxylamine groups is 2. The zero-order chi connectivity index (χ0) is 19.1. The van der Waals surface area contributed by atoms with Crippen LogP contribution >= 0.6 is 0 Å². The molecule has 2 amide bonds. The van der Waals surface area contributed by atoms with E-state index >= 15 is 0 Å². The average Bonchev–Trinajstić information content (AvgIpc) is 2.87. The molecule has 0 saturated carbocycles. The lowest BCUT2D eigenvalue weighted by Crippen LogP contribution is -2.46. The van der Waals surface area contributed by atoms with Crippen LogP contribution in [-0.2, 0) is 19.8 Å². The van der Waals surface area contributed by atoms with E-state index in [0.29, 0.717) is 5.06 Å². The van der Waals surface area contributed by atoms with E-state index in [4.69, 9.17) is 4.84 Å². The number of rotatable bonds is 4. The number of piperidine rings is 1. The number of hydrogen-bond donors (Lipinski definition) is 0. The fraction of sp³-hybridized carbons (Fsp3) is 0.438. The van der Waals surface area contributed by atoms with E-state index in [-0.39, 0.29) is 37.1 Å². The van der Waals surface area contributed by atoms with Gasteiger partial charge in [-0.1, -0.05) is 17.2 Å². The molecule has 1 fully saturated rings. The summed E-state index contributed by atoms with van der Waals surface area (Å²) >= 11 is 0. The molecule has 26 heavy (non-hydrogen) atoms. The summed E-state index contributed by atoms with van der Waals surface area (Å²) in [5.41, 5.74) is 0.384. The maximum Gasteiger partial charge on any atom is 0.336 e. The third kappa shape index (κ3) is 3.11. The van der Waals surface area contributed by atoms with Crippen LogP contribution in [0.2, 0.25) is 0 Å². The molecule has 2 heterocycles. The van der Waals surface area contributed by atoms with E-state index in [9.17, 15) is 22.8 Å². The average molecular weight is 381 g/mol. The third-order valence-corrected chi connectivity index (χ3v) is 6.45. The van der Waals surface area contributed by atoms with Crippen molar-refractivity contribution in [3.63, 3.8) is 0 Å². The molecule has 0 N–H and O–H groups in total. The van der Waals surface area contributed by atoms with Gasteiger partial charge in [-0.15, -0.1) is 0 Å². The van der Waals surface area contributed by atoms with Gasteiger partial charge in [0, 0.05) is 27.2 Å². The predicted molar refractivity (Wildman–Crippen MR) is 89.9 cm³/mol. The Morgan fingerprint density at radius 1 is 1.08 bits per heavy atom. The van der Waals surface area contributed by atoms with Gasteiger partial charge in [-0.3, -0.25) is 9.59 Å². The first kappa shape index (κ1) is 18.5. The Balaban J connectivity index is 1.63. The first-order chi connectivity index (χ1) is 12.2. The number of carbonyl (C=O) groups is 3. The summed E-state index contributed by atoms with van der Waals surface area (Å²) in [5.74, 6) is -2.63. The summed E-state index contributed by atoms with van der Waals surface area (Å²) < 4.78 is 26.6. The Bertz CT molecular complexity index is 823. The monoisotopic (exact) mass is 381 g/mol. The molecular weight excluding hydrogens is 362 g/mol. The van der Waals surface area contributed by atoms with E-state index in [1.807, 2.05) is 0 Å². The second-order valence-electron chi connectivity index (χ2n) is 6.32. The molecule has 0 spiro atoms. The summed E-state index contributed by atoms with van der Waals surface area (Å²) in [4.78, 5) is 41.8. The van der Waals surface area contributed by atoms with E-state index in [1.54, 1.807) is 12.1 Å². The molecule has 9 nitrogen and oxygen atoms in total. The van der Waals surface area contributed by atoms with Gasteiger partial charge in [0.15, 0.2) is 0 Å². The van der Waals surface area contributed by atoms with Crippen LogP contribution in [0.25, 0.3) is 0 Å². The van der Waals surface area contributed by atoms with Crippen LogP contribution in [0.5, 0.6) is 0 Å². The molecule has 0 aliphatic carbocycles. The van der Waals surface area contributed by atoms with Gasteiger partial charge in [-0.25, -0.2) is 4.79 Å². The summed E-state index contributed by atoms with van der Waals surface area (Å²) in [6.45, 7) is 0.338. The van der Waals surface area contributed by atoms with Gasteiger partial charge in [0.1, 0.15) is 0 Å². The number of benzene rings is 1. The Kier molecular flexibility index (Phi) is 4.82. The Morgan fingerprint density at radius 3 is 2.04 bits per heavy atom. The number of carbonyl (C=O) groups excluding carboxylic acids is 3. The highest BCUT2D eigenvalue weighted by Crippen LogP contribution is 2.26. The molecule has 2 aliphatic heterocycles. The highest BCUT2D eigenvalue weighted by Gasteiger charge is 2.40. The Hall–Kier alpha value is -2.30. The number of fused-ring (bicyclic) bond motifs is 1. The maximum atomic E-state index is 12.3. The van der Waals surface area contributed by atoms with E-state index in [1.165, 1.54) is 30.5 Å². The molecule has 1 aromatic rings. The highest BCUT2D eigenvalue weighted by atomic mass is 32.2. The van der Waals surface area contributed by atoms with Crippen molar-refractivity contribution in [2.75, 3.05) is 27.2 Å². The summed E-state index contributed by atoms with van der Waals surface area (Å²) in [6, 6.07) is 6.23. The molecule has 0 atom stereocenters. The summed E-state index contributed by atoms with van der Waals surface area (Å²) in [7, 11) is -0.645. The highest BCUT2D eigenvalue weighted by molar-refractivity contribution is 7.86. The van der Waals surface area contributed by atoms with Crippen molar-refractivity contribution in [1.82, 2.24) is 13.7 Å². The van der Waals surface area contributed by atoms with Crippen LogP contribution < -0.4 is 0 Å². The molecule has 3 rings (SSSR count). The van der Waals surface area contributed by atoms with Crippen LogP contribution in [-0.4, -0.2) is 67.1 Å². The van der Waals surface area contributed by atoms with E-state index in [0.717, 1.165) is 4.31 Å². The topological polar surface area (TPSA) is 104 Å². The van der Waals surface area contributed by atoms with Gasteiger partial charge in [0.2, 0.25) is 0 Å². The van der Waals surface area contributed by atoms with Crippen molar-refractivity contribution in [1.29, 1.82) is 0 Å². The Labute approximate surface area is 151 Å². The normalized spacial score (nSPS) is 19.1. The van der Waals surface area contributed by atoms with Gasteiger partial charge in [-0.05, 0) is 25.0 Å². The predicted octanol–water partition coefficient (Wildman–Crippen LogP) is 0.259. The van der Waals surface area contributed by atoms with Gasteiger partial charge in [0.25, 0.3) is 22.0 Å². The van der Waals surface area contributed by atoms with Crippen molar-refractivity contribution in [2.24, 2.45) is 5.92 Å². The number of hydrogen-bond acceptors (Lipinski definition) is 6. The molecule has 1 aromatic carbocycles. The third-order valence-electron chi connectivity index (χ3n) is 4.51. The quantitative estimate of drug-likeness (QED) is 0.693. The second kappa shape index (κ2) is 6.78. The molecule has 0 aromatic heterocycles. The first-order valence-corrected chi connectivity index (χ1v) is 9.50. The van der Waals surface area contributed by atoms with Gasteiger partial charge >= 0.3 is 5.97 Å². The molecule has 1 saturated heterocycles. The SMILES string of the molecule is CN(C)S(=O)(=O)N1CCC(C(=O)ON2C(=O)c3ccccc3C2=O)CC1. The lowest BCUT2D eigenvalue weighted by molar-refractivity contribution is -0.175. The first-order valence-electron chi connectivity index (χ1n) is 8.10. The van der Waals surface area contributed by atoms with Crippen LogP contribution in [0, 0.1) is 5.92 Å². The van der Waals surface area contributed by atoms with Crippen LogP contribution in [0.4, 0.5) is 0 Å². The van der Waals surface area contributed by atoms with Crippen molar-refractivity contribution in [2.45, 2.75) is 12.8 Å². The van der Waals surface area contributed by atoms with Crippen LogP contribution in [0.1, 0.15) is 33.6 Å². The van der Waals surface area contributed by atoms with Crippen LogP contribution in [0.15, 0.2) is 24.3 Å². The molecule has 0 unspecified atom stereocenters. The minimum absolute atomic E-state index is 0.169. The fourth-order valence-corrected chi connectivity index (χ4v) is 4.10. The molecule has 10 heteroatoms. The van der Waals surface area contributed by atoms with Crippen molar-refractivity contribution in [3.05, 3.63) is 35.4 Å². The largest absolute Gasteiger partial charge is 0.336 e. The smallest absolute Gasteiger partial charge is 0.329 e. The molecule has 140 valence electrons. The number of amides is 2. The number of imide groups is 1. The molecule has 0 bridgehead atoms. The minimum atomic E-state index is -3.53. The second-order valence-corrected chi connectivity index (χ2v) is 8.47. The van der Waals surface area contributed by atoms with Gasteiger partial charge in [-0.2, -0.15) is 17.0 Å². The minimum Gasteiger partial charge on any atom is -0.329 e. The molecule has 2 aliphatic rings. The standard InChI is InChI=1S/C16H19N3O6S/c1-17(2)26(23,24)18-9-7-11(8-10-18)16(22)25-19-14(20)12-5-3-4-6-13(12)15(19)21/h3-6,11H,7-10H2,1-2H3. The summed E-state index contributed by atoms with van der Waals surface area (Å²) in [6.07, 6.45) is 0.518. The van der Waals surface area contributed by atoms with Crippen molar-refractivity contribution in [3.8, 4) is 0 Å². The number of nitrogens with zero attached hydrogens (tertiary/aromatic N) is 3. The van der Waals surface area contributed by atoms with Gasteiger partial charge < -0.3 is 4.84 Å². The van der Waals surface area contributed by atoms with Crippen molar-refractivity contribution < 1.29 is 27.6 Å². The molecule has 0 radical (unpaired) electrons. The molecular formula is C16H19N3O6S. The lowest BCUT2D eigenvalue weighted by Gasteiger charge is -2.31. The lowest BCUT2D eigenvalue weighted by atomic mass is 9.99. The zero-order valence-electron chi connectivity index (χ0n) is 14.4. The van der Waals surface area contributed by atoms with Crippen LogP contribution in [0.3, 0.4) is 0 Å². The summed E-state index contributed by atoms with van der Waals surface area (Å²) in [5, 5.41) is 0.482. The van der Waals surface area contributed by atoms with Crippen molar-refractivity contribution >= 4 is 28.0 Å². The van der Waals surface area contributed by atoms with Gasteiger partial charge in [0.05, 0.1) is 17.0 Å². The maximum absolute atomic E-state index is 12.3.